The van der Waals surface area contributed by atoms with E-state index in [-0.39, 0.29) is 17.9 Å². The molecular formula is C20H20ClN5O2. The van der Waals surface area contributed by atoms with Crippen molar-refractivity contribution in [2.75, 3.05) is 12.3 Å². The standard InChI is InChI=1S/C20H20ClN5O2/c1-12-9-16(25-20(22)24-12)19(27)26-8-4-7-17(26)18-23-11-14(28-18)10-13-5-2-3-6-15(13)21/h2-3,5-6,9,11,17H,4,7-8,10H2,1H3,(H2,22,24,25)/t17-/m1/s1. The van der Waals surface area contributed by atoms with Gasteiger partial charge in [0, 0.05) is 23.7 Å². The van der Waals surface area contributed by atoms with Crippen LogP contribution in [0.25, 0.3) is 0 Å². The molecule has 3 heterocycles. The Morgan fingerprint density at radius 2 is 2.18 bits per heavy atom. The highest BCUT2D eigenvalue weighted by atomic mass is 35.5. The molecule has 1 fully saturated rings. The average Bonchev–Trinajstić information content (AvgIpc) is 3.31. The molecule has 0 radical (unpaired) electrons. The number of amides is 1. The number of likely N-dealkylation sites (tertiary alicyclic amines) is 1. The monoisotopic (exact) mass is 397 g/mol. The zero-order valence-corrected chi connectivity index (χ0v) is 16.2. The SMILES string of the molecule is Cc1cc(C(=O)N2CCC[C@@H]2c2ncc(Cc3ccccc3Cl)o2)nc(N)n1. The molecule has 1 aromatic carbocycles. The Bertz CT molecular complexity index is 999. The lowest BCUT2D eigenvalue weighted by Crippen LogP contribution is -2.31. The number of hydrogen-bond donors (Lipinski definition) is 1. The number of aryl methyl sites for hydroxylation is 1. The first kappa shape index (κ1) is 18.4. The van der Waals surface area contributed by atoms with Crippen LogP contribution in [0, 0.1) is 6.92 Å². The van der Waals surface area contributed by atoms with Crippen LogP contribution in [-0.4, -0.2) is 32.3 Å². The predicted octanol–water partition coefficient (Wildman–Crippen LogP) is 3.58. The second-order valence-corrected chi connectivity index (χ2v) is 7.25. The summed E-state index contributed by atoms with van der Waals surface area (Å²) in [6.07, 6.45) is 3.91. The van der Waals surface area contributed by atoms with E-state index < -0.39 is 0 Å². The van der Waals surface area contributed by atoms with E-state index in [1.165, 1.54) is 0 Å². The number of carbonyl (C=O) groups excluding carboxylic acids is 1. The van der Waals surface area contributed by atoms with Crippen molar-refractivity contribution in [3.63, 3.8) is 0 Å². The van der Waals surface area contributed by atoms with E-state index in [0.29, 0.717) is 41.0 Å². The quantitative estimate of drug-likeness (QED) is 0.722. The van der Waals surface area contributed by atoms with Gasteiger partial charge in [-0.1, -0.05) is 29.8 Å². The van der Waals surface area contributed by atoms with Gasteiger partial charge in [-0.3, -0.25) is 4.79 Å². The van der Waals surface area contributed by atoms with Crippen LogP contribution in [0.15, 0.2) is 40.9 Å². The number of nitrogens with two attached hydrogens (primary N) is 1. The maximum absolute atomic E-state index is 13.0. The maximum atomic E-state index is 13.0. The van der Waals surface area contributed by atoms with Crippen molar-refractivity contribution < 1.29 is 9.21 Å². The average molecular weight is 398 g/mol. The molecule has 2 aromatic heterocycles. The summed E-state index contributed by atoms with van der Waals surface area (Å²) in [4.78, 5) is 27.2. The molecule has 2 N–H and O–H groups in total. The van der Waals surface area contributed by atoms with Crippen LogP contribution in [0.5, 0.6) is 0 Å². The molecule has 0 bridgehead atoms. The van der Waals surface area contributed by atoms with Gasteiger partial charge in [0.05, 0.1) is 6.20 Å². The fourth-order valence-electron chi connectivity index (χ4n) is 3.50. The highest BCUT2D eigenvalue weighted by Crippen LogP contribution is 2.33. The Hall–Kier alpha value is -2.93. The number of rotatable bonds is 4. The molecule has 0 spiro atoms. The summed E-state index contributed by atoms with van der Waals surface area (Å²) in [6.45, 7) is 2.40. The number of carbonyl (C=O) groups is 1. The number of hydrogen-bond acceptors (Lipinski definition) is 6. The highest BCUT2D eigenvalue weighted by molar-refractivity contribution is 6.31. The van der Waals surface area contributed by atoms with Crippen LogP contribution in [0.2, 0.25) is 5.02 Å². The summed E-state index contributed by atoms with van der Waals surface area (Å²) in [5, 5.41) is 0.690. The minimum absolute atomic E-state index is 0.0947. The van der Waals surface area contributed by atoms with Gasteiger partial charge in [-0.05, 0) is 37.5 Å². The van der Waals surface area contributed by atoms with Gasteiger partial charge in [-0.2, -0.15) is 0 Å². The lowest BCUT2D eigenvalue weighted by atomic mass is 10.1. The van der Waals surface area contributed by atoms with Crippen molar-refractivity contribution >= 4 is 23.5 Å². The molecular weight excluding hydrogens is 378 g/mol. The second kappa shape index (κ2) is 7.59. The van der Waals surface area contributed by atoms with Crippen LogP contribution in [0.1, 0.15) is 52.3 Å². The lowest BCUT2D eigenvalue weighted by Gasteiger charge is -2.22. The van der Waals surface area contributed by atoms with Crippen molar-refractivity contribution in [1.29, 1.82) is 0 Å². The number of aromatic nitrogens is 3. The van der Waals surface area contributed by atoms with Gasteiger partial charge in [0.2, 0.25) is 11.8 Å². The van der Waals surface area contributed by atoms with Gasteiger partial charge in [0.15, 0.2) is 0 Å². The topological polar surface area (TPSA) is 98.1 Å². The first-order valence-electron chi connectivity index (χ1n) is 9.11. The molecule has 144 valence electrons. The number of benzene rings is 1. The molecule has 1 amide bonds. The summed E-state index contributed by atoms with van der Waals surface area (Å²) in [7, 11) is 0. The van der Waals surface area contributed by atoms with Gasteiger partial charge in [-0.15, -0.1) is 0 Å². The minimum atomic E-state index is -0.219. The number of nitrogens with zero attached hydrogens (tertiary/aromatic N) is 4. The zero-order valence-electron chi connectivity index (χ0n) is 15.4. The summed E-state index contributed by atoms with van der Waals surface area (Å²) in [5.74, 6) is 1.15. The molecule has 1 saturated heterocycles. The Kier molecular flexibility index (Phi) is 5.00. The van der Waals surface area contributed by atoms with Crippen LogP contribution in [0.4, 0.5) is 5.95 Å². The zero-order chi connectivity index (χ0) is 19.7. The predicted molar refractivity (Wildman–Crippen MR) is 105 cm³/mol. The Labute approximate surface area is 167 Å². The summed E-state index contributed by atoms with van der Waals surface area (Å²) >= 11 is 6.23. The molecule has 1 aliphatic rings. The van der Waals surface area contributed by atoms with Crippen molar-refractivity contribution in [2.24, 2.45) is 0 Å². The smallest absolute Gasteiger partial charge is 0.273 e. The number of nitrogen functional groups attached to an aromatic ring is 1. The summed E-state index contributed by atoms with van der Waals surface area (Å²) < 4.78 is 5.97. The molecule has 0 saturated carbocycles. The normalized spacial score (nSPS) is 16.5. The van der Waals surface area contributed by atoms with Crippen molar-refractivity contribution in [2.45, 2.75) is 32.2 Å². The fourth-order valence-corrected chi connectivity index (χ4v) is 3.71. The van der Waals surface area contributed by atoms with E-state index in [9.17, 15) is 4.79 Å². The summed E-state index contributed by atoms with van der Waals surface area (Å²) in [5.41, 5.74) is 7.62. The molecule has 0 aliphatic carbocycles. The molecule has 1 aliphatic heterocycles. The third-order valence-corrected chi connectivity index (χ3v) is 5.15. The third-order valence-electron chi connectivity index (χ3n) is 4.78. The van der Waals surface area contributed by atoms with Gasteiger partial charge in [0.1, 0.15) is 17.5 Å². The van der Waals surface area contributed by atoms with Crippen molar-refractivity contribution in [3.05, 3.63) is 70.2 Å². The van der Waals surface area contributed by atoms with Gasteiger partial charge in [-0.25, -0.2) is 15.0 Å². The Balaban J connectivity index is 1.55. The van der Waals surface area contributed by atoms with Crippen LogP contribution in [-0.2, 0) is 6.42 Å². The molecule has 3 aromatic rings. The van der Waals surface area contributed by atoms with Crippen LogP contribution in [0.3, 0.4) is 0 Å². The minimum Gasteiger partial charge on any atom is -0.443 e. The molecule has 4 rings (SSSR count). The van der Waals surface area contributed by atoms with Crippen molar-refractivity contribution in [3.8, 4) is 0 Å². The Morgan fingerprint density at radius 3 is 2.96 bits per heavy atom. The third kappa shape index (κ3) is 3.71. The van der Waals surface area contributed by atoms with Crippen LogP contribution < -0.4 is 5.73 Å². The first-order valence-corrected chi connectivity index (χ1v) is 9.49. The van der Waals surface area contributed by atoms with Gasteiger partial charge in [0.25, 0.3) is 5.91 Å². The number of oxazole rings is 1. The van der Waals surface area contributed by atoms with E-state index in [0.717, 1.165) is 18.4 Å². The number of anilines is 1. The largest absolute Gasteiger partial charge is 0.443 e. The molecule has 8 heteroatoms. The van der Waals surface area contributed by atoms with E-state index in [1.807, 2.05) is 24.3 Å². The van der Waals surface area contributed by atoms with E-state index in [1.54, 1.807) is 24.1 Å². The molecule has 1 atom stereocenters. The fraction of sp³-hybridized carbons (Fsp3) is 0.300. The van der Waals surface area contributed by atoms with Crippen LogP contribution >= 0.6 is 11.6 Å². The molecule has 0 unspecified atom stereocenters. The van der Waals surface area contributed by atoms with E-state index >= 15 is 0 Å². The Morgan fingerprint density at radius 1 is 1.36 bits per heavy atom. The lowest BCUT2D eigenvalue weighted by molar-refractivity contribution is 0.0708. The van der Waals surface area contributed by atoms with Gasteiger partial charge < -0.3 is 15.1 Å². The molecule has 7 nitrogen and oxygen atoms in total. The first-order chi connectivity index (χ1) is 13.5. The van der Waals surface area contributed by atoms with E-state index in [4.69, 9.17) is 21.8 Å². The summed E-state index contributed by atoms with van der Waals surface area (Å²) in [6, 6.07) is 9.06. The highest BCUT2D eigenvalue weighted by Gasteiger charge is 2.34. The second-order valence-electron chi connectivity index (χ2n) is 6.84. The number of halogens is 1. The maximum Gasteiger partial charge on any atom is 0.273 e. The van der Waals surface area contributed by atoms with Gasteiger partial charge >= 0.3 is 0 Å². The molecule has 28 heavy (non-hydrogen) atoms. The van der Waals surface area contributed by atoms with E-state index in [2.05, 4.69) is 15.0 Å². The van der Waals surface area contributed by atoms with Crippen molar-refractivity contribution in [1.82, 2.24) is 19.9 Å².